The topological polar surface area (TPSA) is 74.2 Å². The minimum atomic E-state index is -0.221. The zero-order valence-corrected chi connectivity index (χ0v) is 19.4. The molecule has 2 atom stereocenters. The summed E-state index contributed by atoms with van der Waals surface area (Å²) in [5.74, 6) is -0.282. The lowest BCUT2D eigenvalue weighted by Crippen LogP contribution is -2.44. The van der Waals surface area contributed by atoms with E-state index in [-0.39, 0.29) is 24.0 Å². The molecule has 0 aromatic heterocycles. The first-order valence-electron chi connectivity index (χ1n) is 11.6. The average molecular weight is 449 g/mol. The van der Waals surface area contributed by atoms with E-state index in [1.54, 1.807) is 0 Å². The molecule has 174 valence electrons. The van der Waals surface area contributed by atoms with Crippen LogP contribution in [0, 0.1) is 0 Å². The standard InChI is InChI=1S/C26H32N4O3/c1-19-15-29(16-20(2)33-19)17-23-10-8-21(9-11-23)14-27-26(32)24-12-13-25(31)30(28-24)18-22-6-4-3-5-7-22/h3-11,19-20H,12-18H2,1-2H3,(H,27,32). The van der Waals surface area contributed by atoms with E-state index in [4.69, 9.17) is 4.74 Å². The molecule has 2 heterocycles. The first-order valence-corrected chi connectivity index (χ1v) is 11.6. The van der Waals surface area contributed by atoms with Crippen LogP contribution in [0.25, 0.3) is 0 Å². The van der Waals surface area contributed by atoms with Crippen LogP contribution in [0.4, 0.5) is 0 Å². The third kappa shape index (κ3) is 6.49. The summed E-state index contributed by atoms with van der Waals surface area (Å²) in [6, 6.07) is 18.0. The first-order chi connectivity index (χ1) is 16.0. The smallest absolute Gasteiger partial charge is 0.267 e. The molecule has 0 spiro atoms. The van der Waals surface area contributed by atoms with Crippen LogP contribution in [-0.4, -0.2) is 52.7 Å². The fraction of sp³-hybridized carbons (Fsp3) is 0.423. The molecule has 1 fully saturated rings. The van der Waals surface area contributed by atoms with Gasteiger partial charge < -0.3 is 10.1 Å². The van der Waals surface area contributed by atoms with Gasteiger partial charge in [0.25, 0.3) is 5.91 Å². The van der Waals surface area contributed by atoms with E-state index in [9.17, 15) is 9.59 Å². The van der Waals surface area contributed by atoms with Crippen LogP contribution in [0.1, 0.15) is 43.4 Å². The van der Waals surface area contributed by atoms with Gasteiger partial charge in [0, 0.05) is 39.0 Å². The van der Waals surface area contributed by atoms with E-state index >= 15 is 0 Å². The highest BCUT2D eigenvalue weighted by Crippen LogP contribution is 2.16. The predicted molar refractivity (Wildman–Crippen MR) is 127 cm³/mol. The quantitative estimate of drug-likeness (QED) is 0.706. The molecular weight excluding hydrogens is 416 g/mol. The molecule has 2 aliphatic heterocycles. The van der Waals surface area contributed by atoms with Crippen LogP contribution in [0.15, 0.2) is 59.7 Å². The lowest BCUT2D eigenvalue weighted by atomic mass is 10.1. The van der Waals surface area contributed by atoms with Crippen molar-refractivity contribution in [1.29, 1.82) is 0 Å². The molecule has 0 aliphatic carbocycles. The molecule has 2 unspecified atom stereocenters. The summed E-state index contributed by atoms with van der Waals surface area (Å²) < 4.78 is 5.81. The van der Waals surface area contributed by atoms with Gasteiger partial charge in [-0.05, 0) is 30.5 Å². The van der Waals surface area contributed by atoms with E-state index in [1.165, 1.54) is 10.6 Å². The third-order valence-corrected chi connectivity index (χ3v) is 5.92. The molecule has 7 nitrogen and oxygen atoms in total. The summed E-state index contributed by atoms with van der Waals surface area (Å²) in [5, 5.41) is 8.68. The average Bonchev–Trinajstić information content (AvgIpc) is 2.80. The number of ether oxygens (including phenoxy) is 1. The maximum atomic E-state index is 12.7. The highest BCUT2D eigenvalue weighted by Gasteiger charge is 2.25. The Bertz CT molecular complexity index is 980. The largest absolute Gasteiger partial charge is 0.373 e. The molecule has 0 saturated carbocycles. The Labute approximate surface area is 195 Å². The maximum Gasteiger partial charge on any atom is 0.267 e. The number of hydrogen-bond acceptors (Lipinski definition) is 5. The summed E-state index contributed by atoms with van der Waals surface area (Å²) in [4.78, 5) is 27.3. The molecule has 0 bridgehead atoms. The van der Waals surface area contributed by atoms with Gasteiger partial charge in [0.15, 0.2) is 0 Å². The van der Waals surface area contributed by atoms with E-state index in [0.717, 1.165) is 30.8 Å². The maximum absolute atomic E-state index is 12.7. The molecular formula is C26H32N4O3. The van der Waals surface area contributed by atoms with Gasteiger partial charge >= 0.3 is 0 Å². The van der Waals surface area contributed by atoms with Gasteiger partial charge in [-0.1, -0.05) is 54.6 Å². The highest BCUT2D eigenvalue weighted by atomic mass is 16.5. The van der Waals surface area contributed by atoms with Crippen LogP contribution >= 0.6 is 0 Å². The van der Waals surface area contributed by atoms with Crippen LogP contribution in [-0.2, 0) is 34.0 Å². The number of benzene rings is 2. The molecule has 2 aromatic rings. The number of nitrogens with zero attached hydrogens (tertiary/aromatic N) is 3. The number of hydrazone groups is 1. The monoisotopic (exact) mass is 448 g/mol. The Kier molecular flexibility index (Phi) is 7.52. The molecule has 7 heteroatoms. The van der Waals surface area contributed by atoms with Crippen LogP contribution in [0.5, 0.6) is 0 Å². The predicted octanol–water partition coefficient (Wildman–Crippen LogP) is 3.09. The fourth-order valence-corrected chi connectivity index (χ4v) is 4.36. The molecule has 0 radical (unpaired) electrons. The van der Waals surface area contributed by atoms with E-state index in [1.807, 2.05) is 30.3 Å². The van der Waals surface area contributed by atoms with Crippen molar-refractivity contribution < 1.29 is 14.3 Å². The van der Waals surface area contributed by atoms with E-state index in [2.05, 4.69) is 53.4 Å². The number of nitrogens with one attached hydrogen (secondary N) is 1. The Morgan fingerprint density at radius 1 is 0.939 bits per heavy atom. The molecule has 2 aromatic carbocycles. The van der Waals surface area contributed by atoms with Crippen LogP contribution < -0.4 is 5.32 Å². The second kappa shape index (κ2) is 10.7. The second-order valence-electron chi connectivity index (χ2n) is 8.93. The molecule has 33 heavy (non-hydrogen) atoms. The second-order valence-corrected chi connectivity index (χ2v) is 8.93. The summed E-state index contributed by atoms with van der Waals surface area (Å²) in [6.45, 7) is 7.80. The zero-order valence-electron chi connectivity index (χ0n) is 19.4. The summed E-state index contributed by atoms with van der Waals surface area (Å²) in [5.41, 5.74) is 3.66. The normalized spacial score (nSPS) is 21.6. The van der Waals surface area contributed by atoms with Crippen molar-refractivity contribution in [3.8, 4) is 0 Å². The number of carbonyl (C=O) groups is 2. The van der Waals surface area contributed by atoms with Crippen molar-refractivity contribution in [3.05, 3.63) is 71.3 Å². The molecule has 1 N–H and O–H groups in total. The molecule has 1 saturated heterocycles. The lowest BCUT2D eigenvalue weighted by molar-refractivity contribution is -0.132. The first kappa shape index (κ1) is 23.1. The van der Waals surface area contributed by atoms with Crippen LogP contribution in [0.3, 0.4) is 0 Å². The van der Waals surface area contributed by atoms with Gasteiger partial charge in [-0.3, -0.25) is 14.5 Å². The van der Waals surface area contributed by atoms with Gasteiger partial charge in [-0.25, -0.2) is 5.01 Å². The number of amides is 2. The Morgan fingerprint density at radius 2 is 1.58 bits per heavy atom. The third-order valence-electron chi connectivity index (χ3n) is 5.92. The number of carbonyl (C=O) groups excluding carboxylic acids is 2. The van der Waals surface area contributed by atoms with Crippen LogP contribution in [0.2, 0.25) is 0 Å². The van der Waals surface area contributed by atoms with Gasteiger partial charge in [0.2, 0.25) is 5.91 Å². The van der Waals surface area contributed by atoms with Crippen molar-refractivity contribution in [1.82, 2.24) is 15.2 Å². The Morgan fingerprint density at radius 3 is 2.27 bits per heavy atom. The molecule has 2 amide bonds. The highest BCUT2D eigenvalue weighted by molar-refractivity contribution is 6.39. The Balaban J connectivity index is 1.30. The van der Waals surface area contributed by atoms with Crippen molar-refractivity contribution >= 4 is 17.5 Å². The van der Waals surface area contributed by atoms with E-state index in [0.29, 0.717) is 31.6 Å². The minimum Gasteiger partial charge on any atom is -0.373 e. The number of hydrogen-bond donors (Lipinski definition) is 1. The lowest BCUT2D eigenvalue weighted by Gasteiger charge is -2.35. The van der Waals surface area contributed by atoms with Gasteiger partial charge in [0.05, 0.1) is 18.8 Å². The zero-order chi connectivity index (χ0) is 23.2. The Hall–Kier alpha value is -3.03. The molecule has 4 rings (SSSR count). The molecule has 2 aliphatic rings. The number of rotatable bonds is 7. The fourth-order valence-electron chi connectivity index (χ4n) is 4.36. The van der Waals surface area contributed by atoms with Gasteiger partial charge in [-0.2, -0.15) is 5.10 Å². The van der Waals surface area contributed by atoms with Crippen molar-refractivity contribution in [2.24, 2.45) is 5.10 Å². The van der Waals surface area contributed by atoms with Crippen molar-refractivity contribution in [3.63, 3.8) is 0 Å². The number of morpholine rings is 1. The summed E-state index contributed by atoms with van der Waals surface area (Å²) in [6.07, 6.45) is 1.17. The van der Waals surface area contributed by atoms with E-state index < -0.39 is 0 Å². The SMILES string of the molecule is CC1CN(Cc2ccc(CNC(=O)C3=NN(Cc4ccccc4)C(=O)CC3)cc2)CC(C)O1. The van der Waals surface area contributed by atoms with Crippen molar-refractivity contribution in [2.75, 3.05) is 13.1 Å². The summed E-state index contributed by atoms with van der Waals surface area (Å²) in [7, 11) is 0. The van der Waals surface area contributed by atoms with Gasteiger partial charge in [-0.15, -0.1) is 0 Å². The summed E-state index contributed by atoms with van der Waals surface area (Å²) >= 11 is 0. The van der Waals surface area contributed by atoms with Gasteiger partial charge in [0.1, 0.15) is 5.71 Å². The van der Waals surface area contributed by atoms with Crippen molar-refractivity contribution in [2.45, 2.75) is 58.5 Å². The minimum absolute atomic E-state index is 0.0601.